The summed E-state index contributed by atoms with van der Waals surface area (Å²) in [6.07, 6.45) is 0. The summed E-state index contributed by atoms with van der Waals surface area (Å²) in [7, 11) is 0. The van der Waals surface area contributed by atoms with Gasteiger partial charge in [-0.3, -0.25) is 0 Å². The zero-order valence-corrected chi connectivity index (χ0v) is 9.86. The highest BCUT2D eigenvalue weighted by atomic mass is 16.5. The number of hydrogen-bond acceptors (Lipinski definition) is 3. The predicted octanol–water partition coefficient (Wildman–Crippen LogP) is 2.31. The van der Waals surface area contributed by atoms with Gasteiger partial charge >= 0.3 is 5.97 Å². The molecule has 0 aromatic carbocycles. The average molecular weight is 220 g/mol. The molecule has 0 fully saturated rings. The Balaban J connectivity index is 3.10. The summed E-state index contributed by atoms with van der Waals surface area (Å²) in [6.45, 7) is 6.33. The van der Waals surface area contributed by atoms with Crippen molar-refractivity contribution in [3.8, 4) is 6.07 Å². The molecule has 0 bridgehead atoms. The van der Waals surface area contributed by atoms with Gasteiger partial charge in [0.1, 0.15) is 12.2 Å². The number of carbonyl (C=O) groups is 1. The second-order valence-electron chi connectivity index (χ2n) is 3.76. The van der Waals surface area contributed by atoms with Gasteiger partial charge in [-0.15, -0.1) is 0 Å². The summed E-state index contributed by atoms with van der Waals surface area (Å²) in [6, 6.07) is 5.64. The van der Waals surface area contributed by atoms with Crippen molar-refractivity contribution in [2.75, 3.05) is 6.61 Å². The molecule has 0 aliphatic carbocycles. The Bertz CT molecular complexity index is 413. The normalized spacial score (nSPS) is 10.2. The van der Waals surface area contributed by atoms with Crippen molar-refractivity contribution in [3.05, 3.63) is 23.5 Å². The summed E-state index contributed by atoms with van der Waals surface area (Å²) < 4.78 is 6.65. The fourth-order valence-electron chi connectivity index (χ4n) is 1.62. The maximum Gasteiger partial charge on any atom is 0.354 e. The first-order valence-corrected chi connectivity index (χ1v) is 5.35. The van der Waals surface area contributed by atoms with Gasteiger partial charge in [0.25, 0.3) is 0 Å². The first-order chi connectivity index (χ1) is 7.61. The van der Waals surface area contributed by atoms with Gasteiger partial charge in [-0.25, -0.2) is 4.79 Å². The van der Waals surface area contributed by atoms with Gasteiger partial charge in [0.05, 0.1) is 12.7 Å². The van der Waals surface area contributed by atoms with E-state index in [1.807, 2.05) is 19.9 Å². The highest BCUT2D eigenvalue weighted by Crippen LogP contribution is 2.19. The van der Waals surface area contributed by atoms with Gasteiger partial charge in [-0.05, 0) is 25.0 Å². The standard InChI is InChI=1S/C12H16N2O2/c1-4-16-12(15)11-6-5-10(9(2)3)14(11)8-7-13/h5-6,9H,4,8H2,1-3H3. The van der Waals surface area contributed by atoms with E-state index in [0.717, 1.165) is 5.69 Å². The number of ether oxygens (including phenoxy) is 1. The molecule has 0 aliphatic heterocycles. The molecule has 4 nitrogen and oxygen atoms in total. The van der Waals surface area contributed by atoms with Crippen LogP contribution >= 0.6 is 0 Å². The smallest absolute Gasteiger partial charge is 0.354 e. The van der Waals surface area contributed by atoms with Crippen LogP contribution < -0.4 is 0 Å². The lowest BCUT2D eigenvalue weighted by Crippen LogP contribution is -2.14. The molecule has 0 saturated carbocycles. The molecular formula is C12H16N2O2. The largest absolute Gasteiger partial charge is 0.461 e. The third kappa shape index (κ3) is 2.43. The van der Waals surface area contributed by atoms with Crippen LogP contribution in [0.5, 0.6) is 0 Å². The van der Waals surface area contributed by atoms with E-state index in [9.17, 15) is 4.79 Å². The van der Waals surface area contributed by atoms with E-state index < -0.39 is 0 Å². The van der Waals surface area contributed by atoms with E-state index in [-0.39, 0.29) is 18.4 Å². The number of aromatic nitrogens is 1. The summed E-state index contributed by atoms with van der Waals surface area (Å²) in [5.41, 5.74) is 1.43. The van der Waals surface area contributed by atoms with Gasteiger partial charge in [-0.2, -0.15) is 5.26 Å². The Kier molecular flexibility index (Phi) is 4.12. The third-order valence-corrected chi connectivity index (χ3v) is 2.32. The van der Waals surface area contributed by atoms with Crippen LogP contribution in [0.3, 0.4) is 0 Å². The molecule has 0 aliphatic rings. The molecule has 0 N–H and O–H groups in total. The fourth-order valence-corrected chi connectivity index (χ4v) is 1.62. The van der Waals surface area contributed by atoms with Crippen LogP contribution in [0.15, 0.2) is 12.1 Å². The van der Waals surface area contributed by atoms with Crippen LogP contribution in [0.2, 0.25) is 0 Å². The first kappa shape index (κ1) is 12.3. The van der Waals surface area contributed by atoms with Crippen molar-refractivity contribution in [2.45, 2.75) is 33.2 Å². The molecule has 0 radical (unpaired) electrons. The molecule has 0 saturated heterocycles. The number of rotatable bonds is 4. The molecule has 4 heteroatoms. The Hall–Kier alpha value is -1.76. The van der Waals surface area contributed by atoms with E-state index in [2.05, 4.69) is 6.07 Å². The van der Waals surface area contributed by atoms with Crippen molar-refractivity contribution in [1.29, 1.82) is 5.26 Å². The molecule has 1 heterocycles. The van der Waals surface area contributed by atoms with Crippen LogP contribution in [0.1, 0.15) is 42.9 Å². The molecule has 16 heavy (non-hydrogen) atoms. The van der Waals surface area contributed by atoms with Gasteiger partial charge < -0.3 is 9.30 Å². The number of hydrogen-bond donors (Lipinski definition) is 0. The lowest BCUT2D eigenvalue weighted by atomic mass is 10.1. The van der Waals surface area contributed by atoms with E-state index >= 15 is 0 Å². The van der Waals surface area contributed by atoms with Crippen molar-refractivity contribution >= 4 is 5.97 Å². The Morgan fingerprint density at radius 2 is 2.25 bits per heavy atom. The molecule has 1 aromatic rings. The van der Waals surface area contributed by atoms with Gasteiger partial charge in [0.2, 0.25) is 0 Å². The van der Waals surface area contributed by atoms with Crippen LogP contribution in [0, 0.1) is 11.3 Å². The second-order valence-corrected chi connectivity index (χ2v) is 3.76. The van der Waals surface area contributed by atoms with E-state index in [0.29, 0.717) is 12.3 Å². The highest BCUT2D eigenvalue weighted by molar-refractivity contribution is 5.88. The molecule has 0 unspecified atom stereocenters. The van der Waals surface area contributed by atoms with Crippen LogP contribution in [0.4, 0.5) is 0 Å². The second kappa shape index (κ2) is 5.36. The molecular weight excluding hydrogens is 204 g/mol. The first-order valence-electron chi connectivity index (χ1n) is 5.35. The van der Waals surface area contributed by atoms with Gasteiger partial charge in [0, 0.05) is 5.69 Å². The number of esters is 1. The Morgan fingerprint density at radius 3 is 2.75 bits per heavy atom. The van der Waals surface area contributed by atoms with Gasteiger partial charge in [0.15, 0.2) is 0 Å². The quantitative estimate of drug-likeness (QED) is 0.731. The SMILES string of the molecule is CCOC(=O)c1ccc(C(C)C)n1CC#N. The maximum atomic E-state index is 11.6. The van der Waals surface area contributed by atoms with E-state index in [4.69, 9.17) is 10.00 Å². The zero-order chi connectivity index (χ0) is 12.1. The summed E-state index contributed by atoms with van der Waals surface area (Å²) in [4.78, 5) is 11.6. The molecule has 0 atom stereocenters. The molecule has 0 spiro atoms. The molecule has 1 rings (SSSR count). The zero-order valence-electron chi connectivity index (χ0n) is 9.86. The third-order valence-electron chi connectivity index (χ3n) is 2.32. The lowest BCUT2D eigenvalue weighted by Gasteiger charge is -2.11. The van der Waals surface area contributed by atoms with Crippen molar-refractivity contribution < 1.29 is 9.53 Å². The summed E-state index contributed by atoms with van der Waals surface area (Å²) in [5.74, 6) is -0.0961. The monoisotopic (exact) mass is 220 g/mol. The molecule has 86 valence electrons. The minimum atomic E-state index is -0.371. The Morgan fingerprint density at radius 1 is 1.56 bits per heavy atom. The average Bonchev–Trinajstić information content (AvgIpc) is 2.62. The minimum Gasteiger partial charge on any atom is -0.461 e. The van der Waals surface area contributed by atoms with Crippen molar-refractivity contribution in [1.82, 2.24) is 4.57 Å². The van der Waals surface area contributed by atoms with Crippen LogP contribution in [-0.2, 0) is 11.3 Å². The van der Waals surface area contributed by atoms with E-state index in [1.54, 1.807) is 17.6 Å². The van der Waals surface area contributed by atoms with Crippen LogP contribution in [0.25, 0.3) is 0 Å². The van der Waals surface area contributed by atoms with Gasteiger partial charge in [-0.1, -0.05) is 13.8 Å². The highest BCUT2D eigenvalue weighted by Gasteiger charge is 2.17. The molecule has 0 amide bonds. The summed E-state index contributed by atoms with van der Waals surface area (Å²) in [5, 5.41) is 8.76. The number of nitrogens with zero attached hydrogens (tertiary/aromatic N) is 2. The lowest BCUT2D eigenvalue weighted by molar-refractivity contribution is 0.0514. The number of carbonyl (C=O) groups excluding carboxylic acids is 1. The Labute approximate surface area is 95.4 Å². The van der Waals surface area contributed by atoms with Crippen LogP contribution in [-0.4, -0.2) is 17.1 Å². The number of nitriles is 1. The van der Waals surface area contributed by atoms with E-state index in [1.165, 1.54) is 0 Å². The van der Waals surface area contributed by atoms with Crippen molar-refractivity contribution in [3.63, 3.8) is 0 Å². The minimum absolute atomic E-state index is 0.175. The topological polar surface area (TPSA) is 55.0 Å². The maximum absolute atomic E-state index is 11.6. The van der Waals surface area contributed by atoms with Crippen molar-refractivity contribution in [2.24, 2.45) is 0 Å². The fraction of sp³-hybridized carbons (Fsp3) is 0.500. The molecule has 1 aromatic heterocycles. The summed E-state index contributed by atoms with van der Waals surface area (Å²) >= 11 is 0. The predicted molar refractivity (Wildman–Crippen MR) is 60.1 cm³/mol.